The first-order valence-corrected chi connectivity index (χ1v) is 6.63. The Morgan fingerprint density at radius 1 is 1.28 bits per heavy atom. The van der Waals surface area contributed by atoms with Crippen LogP contribution in [-0.4, -0.2) is 18.8 Å². The first-order valence-electron chi connectivity index (χ1n) is 6.63. The molecule has 1 N–H and O–H groups in total. The second-order valence-corrected chi connectivity index (χ2v) is 5.33. The largest absolute Gasteiger partial charge is 0.494 e. The highest BCUT2D eigenvalue weighted by molar-refractivity contribution is 5.31. The van der Waals surface area contributed by atoms with E-state index in [2.05, 4.69) is 0 Å². The summed E-state index contributed by atoms with van der Waals surface area (Å²) in [5.74, 6) is 0.00907. The van der Waals surface area contributed by atoms with Gasteiger partial charge in [-0.25, -0.2) is 4.39 Å². The molecule has 2 nitrogen and oxygen atoms in total. The highest BCUT2D eigenvalue weighted by Gasteiger charge is 2.32. The highest BCUT2D eigenvalue weighted by Crippen LogP contribution is 2.39. The van der Waals surface area contributed by atoms with Crippen LogP contribution >= 0.6 is 0 Å². The number of methoxy groups -OCH3 is 1. The molecule has 0 radical (unpaired) electrons. The van der Waals surface area contributed by atoms with E-state index in [1.807, 2.05) is 6.07 Å². The molecule has 1 aliphatic rings. The number of hydrogen-bond donors (Lipinski definition) is 1. The molecule has 0 aliphatic heterocycles. The lowest BCUT2D eigenvalue weighted by molar-refractivity contribution is 0.0814. The minimum Gasteiger partial charge on any atom is -0.494 e. The van der Waals surface area contributed by atoms with Crippen LogP contribution < -0.4 is 4.74 Å². The van der Waals surface area contributed by atoms with Gasteiger partial charge in [0.1, 0.15) is 0 Å². The summed E-state index contributed by atoms with van der Waals surface area (Å²) >= 11 is 0. The van der Waals surface area contributed by atoms with Gasteiger partial charge < -0.3 is 9.84 Å². The molecule has 100 valence electrons. The van der Waals surface area contributed by atoms with E-state index >= 15 is 0 Å². The van der Waals surface area contributed by atoms with Crippen LogP contribution in [0.15, 0.2) is 18.2 Å². The van der Waals surface area contributed by atoms with Crippen LogP contribution in [0.3, 0.4) is 0 Å². The van der Waals surface area contributed by atoms with Crippen molar-refractivity contribution >= 4 is 0 Å². The Labute approximate surface area is 108 Å². The summed E-state index contributed by atoms with van der Waals surface area (Å²) in [4.78, 5) is 0. The molecule has 0 spiro atoms. The maximum atomic E-state index is 14.1. The summed E-state index contributed by atoms with van der Waals surface area (Å²) in [6, 6.07) is 5.24. The lowest BCUT2D eigenvalue weighted by atomic mass is 9.71. The topological polar surface area (TPSA) is 29.5 Å². The maximum Gasteiger partial charge on any atom is 0.168 e. The van der Waals surface area contributed by atoms with Crippen LogP contribution in [0.5, 0.6) is 5.75 Å². The summed E-state index contributed by atoms with van der Waals surface area (Å²) in [6.07, 6.45) is 6.06. The number of aliphatic hydroxyl groups is 1. The quantitative estimate of drug-likeness (QED) is 0.890. The molecule has 1 saturated carbocycles. The van der Waals surface area contributed by atoms with E-state index in [0.717, 1.165) is 25.7 Å². The van der Waals surface area contributed by atoms with Gasteiger partial charge in [-0.3, -0.25) is 0 Å². The molecule has 0 unspecified atom stereocenters. The van der Waals surface area contributed by atoms with E-state index in [0.29, 0.717) is 12.0 Å². The molecule has 1 aromatic carbocycles. The van der Waals surface area contributed by atoms with Gasteiger partial charge in [-0.05, 0) is 36.3 Å². The second kappa shape index (κ2) is 5.70. The number of ether oxygens (including phenoxy) is 1. The van der Waals surface area contributed by atoms with Crippen LogP contribution in [0.25, 0.3) is 0 Å². The van der Waals surface area contributed by atoms with Gasteiger partial charge in [0.25, 0.3) is 0 Å². The normalized spacial score (nSPS) is 18.6. The van der Waals surface area contributed by atoms with Crippen molar-refractivity contribution < 1.29 is 14.2 Å². The Balaban J connectivity index is 2.21. The SMILES string of the molecule is COc1cccc(CC2(CO)CCCCC2)c1F. The zero-order valence-electron chi connectivity index (χ0n) is 10.9. The van der Waals surface area contributed by atoms with E-state index in [1.165, 1.54) is 13.5 Å². The average Bonchev–Trinajstić information content (AvgIpc) is 2.42. The Morgan fingerprint density at radius 3 is 2.61 bits per heavy atom. The van der Waals surface area contributed by atoms with Gasteiger partial charge in [0.15, 0.2) is 11.6 Å². The summed E-state index contributed by atoms with van der Waals surface area (Å²) in [7, 11) is 1.48. The predicted molar refractivity (Wildman–Crippen MR) is 69.3 cm³/mol. The van der Waals surface area contributed by atoms with Gasteiger partial charge in [-0.15, -0.1) is 0 Å². The standard InChI is InChI=1S/C15H21FO2/c1-18-13-7-5-6-12(14(13)16)10-15(11-17)8-3-2-4-9-15/h5-7,17H,2-4,8-11H2,1H3. The van der Waals surface area contributed by atoms with Crippen LogP contribution in [0.1, 0.15) is 37.7 Å². The fourth-order valence-corrected chi connectivity index (χ4v) is 2.95. The molecule has 0 atom stereocenters. The molecule has 3 heteroatoms. The van der Waals surface area contributed by atoms with Crippen molar-refractivity contribution in [2.45, 2.75) is 38.5 Å². The van der Waals surface area contributed by atoms with Crippen molar-refractivity contribution in [2.75, 3.05) is 13.7 Å². The Bertz CT molecular complexity index is 397. The monoisotopic (exact) mass is 252 g/mol. The van der Waals surface area contributed by atoms with E-state index in [4.69, 9.17) is 4.74 Å². The molecular formula is C15H21FO2. The van der Waals surface area contributed by atoms with Gasteiger partial charge >= 0.3 is 0 Å². The van der Waals surface area contributed by atoms with Crippen molar-refractivity contribution in [2.24, 2.45) is 5.41 Å². The highest BCUT2D eigenvalue weighted by atomic mass is 19.1. The zero-order chi connectivity index (χ0) is 13.0. The smallest absolute Gasteiger partial charge is 0.168 e. The maximum absolute atomic E-state index is 14.1. The van der Waals surface area contributed by atoms with E-state index < -0.39 is 0 Å². The molecule has 2 rings (SSSR count). The summed E-state index contributed by atoms with van der Waals surface area (Å²) in [5, 5.41) is 9.67. The minimum atomic E-state index is -0.279. The van der Waals surface area contributed by atoms with Crippen molar-refractivity contribution in [3.63, 3.8) is 0 Å². The van der Waals surface area contributed by atoms with Gasteiger partial charge in [0.2, 0.25) is 0 Å². The van der Waals surface area contributed by atoms with Crippen molar-refractivity contribution in [3.8, 4) is 5.75 Å². The molecule has 0 heterocycles. The van der Waals surface area contributed by atoms with Crippen molar-refractivity contribution in [1.29, 1.82) is 0 Å². The second-order valence-electron chi connectivity index (χ2n) is 5.33. The molecule has 18 heavy (non-hydrogen) atoms. The average molecular weight is 252 g/mol. The first kappa shape index (κ1) is 13.3. The van der Waals surface area contributed by atoms with Gasteiger partial charge in [0, 0.05) is 6.61 Å². The molecule has 0 aromatic heterocycles. The van der Waals surface area contributed by atoms with Gasteiger partial charge in [0.05, 0.1) is 7.11 Å². The molecule has 0 amide bonds. The number of aliphatic hydroxyl groups excluding tert-OH is 1. The lowest BCUT2D eigenvalue weighted by Gasteiger charge is -2.35. The Morgan fingerprint density at radius 2 is 2.00 bits per heavy atom. The summed E-state index contributed by atoms with van der Waals surface area (Å²) < 4.78 is 19.1. The number of rotatable bonds is 4. The van der Waals surface area contributed by atoms with Crippen LogP contribution in [0.2, 0.25) is 0 Å². The minimum absolute atomic E-state index is 0.133. The summed E-state index contributed by atoms with van der Waals surface area (Å²) in [6.45, 7) is 0.143. The molecule has 0 saturated heterocycles. The van der Waals surface area contributed by atoms with Crippen molar-refractivity contribution in [1.82, 2.24) is 0 Å². The third-order valence-corrected chi connectivity index (χ3v) is 4.08. The third kappa shape index (κ3) is 2.66. The predicted octanol–water partition coefficient (Wildman–Crippen LogP) is 3.32. The first-order chi connectivity index (χ1) is 8.71. The molecular weight excluding hydrogens is 231 g/mol. The molecule has 1 aliphatic carbocycles. The fourth-order valence-electron chi connectivity index (χ4n) is 2.95. The Hall–Kier alpha value is -1.09. The van der Waals surface area contributed by atoms with Crippen molar-refractivity contribution in [3.05, 3.63) is 29.6 Å². The van der Waals surface area contributed by atoms with E-state index in [1.54, 1.807) is 12.1 Å². The van der Waals surface area contributed by atoms with Crippen LogP contribution in [-0.2, 0) is 6.42 Å². The lowest BCUT2D eigenvalue weighted by Crippen LogP contribution is -2.31. The Kier molecular flexibility index (Phi) is 4.23. The molecule has 1 aromatic rings. The number of hydrogen-bond acceptors (Lipinski definition) is 2. The number of benzene rings is 1. The zero-order valence-corrected chi connectivity index (χ0v) is 10.9. The van der Waals surface area contributed by atoms with E-state index in [-0.39, 0.29) is 23.6 Å². The molecule has 0 bridgehead atoms. The van der Waals surface area contributed by atoms with Gasteiger partial charge in [-0.1, -0.05) is 31.4 Å². The summed E-state index contributed by atoms with van der Waals surface area (Å²) in [5.41, 5.74) is 0.524. The van der Waals surface area contributed by atoms with Crippen LogP contribution in [0, 0.1) is 11.2 Å². The third-order valence-electron chi connectivity index (χ3n) is 4.08. The fraction of sp³-hybridized carbons (Fsp3) is 0.600. The van der Waals surface area contributed by atoms with Gasteiger partial charge in [-0.2, -0.15) is 0 Å². The van der Waals surface area contributed by atoms with Crippen LogP contribution in [0.4, 0.5) is 4.39 Å². The number of halogens is 1. The molecule has 1 fully saturated rings. The van der Waals surface area contributed by atoms with E-state index in [9.17, 15) is 9.50 Å².